The lowest BCUT2D eigenvalue weighted by molar-refractivity contribution is -0.132. The predicted octanol–water partition coefficient (Wildman–Crippen LogP) is 2.33. The van der Waals surface area contributed by atoms with E-state index in [-0.39, 0.29) is 23.3 Å². The number of carbonyl (C=O) groups excluding carboxylic acids is 2. The van der Waals surface area contributed by atoms with Gasteiger partial charge in [0.2, 0.25) is 21.8 Å². The van der Waals surface area contributed by atoms with Crippen molar-refractivity contribution < 1.29 is 18.0 Å². The van der Waals surface area contributed by atoms with E-state index >= 15 is 0 Å². The average Bonchev–Trinajstić information content (AvgIpc) is 2.59. The lowest BCUT2D eigenvalue weighted by Gasteiger charge is -2.28. The molecule has 7 nitrogen and oxygen atoms in total. The first kappa shape index (κ1) is 22.4. The number of aryl methyl sites for hydroxylation is 1. The molecular formula is C20H31N3O4S. The Bertz CT molecular complexity index is 824. The molecule has 0 spiro atoms. The first-order chi connectivity index (χ1) is 13.0. The van der Waals surface area contributed by atoms with Gasteiger partial charge in [-0.3, -0.25) is 9.59 Å². The Morgan fingerprint density at radius 3 is 2.29 bits per heavy atom. The number of anilines is 1. The van der Waals surface area contributed by atoms with Gasteiger partial charge in [-0.05, 0) is 42.0 Å². The number of rotatable bonds is 8. The van der Waals surface area contributed by atoms with E-state index in [0.29, 0.717) is 43.5 Å². The van der Waals surface area contributed by atoms with E-state index in [1.807, 2.05) is 27.7 Å². The molecule has 0 fully saturated rings. The second-order valence-corrected chi connectivity index (χ2v) is 10.3. The summed E-state index contributed by atoms with van der Waals surface area (Å²) in [5, 5.41) is 2.74. The Kier molecular flexibility index (Phi) is 7.22. The van der Waals surface area contributed by atoms with Crippen LogP contribution in [0.2, 0.25) is 0 Å². The molecular weight excluding hydrogens is 378 g/mol. The normalized spacial score (nSPS) is 14.4. The average molecular weight is 410 g/mol. The molecule has 1 aromatic rings. The maximum atomic E-state index is 13.0. The Hall–Kier alpha value is -1.93. The fourth-order valence-corrected chi connectivity index (χ4v) is 4.41. The molecule has 0 saturated carbocycles. The van der Waals surface area contributed by atoms with Crippen LogP contribution in [0.5, 0.6) is 0 Å². The zero-order valence-corrected chi connectivity index (χ0v) is 18.2. The lowest BCUT2D eigenvalue weighted by atomic mass is 10.0. The number of amides is 2. The molecule has 0 radical (unpaired) electrons. The highest BCUT2D eigenvalue weighted by molar-refractivity contribution is 7.89. The molecule has 0 atom stereocenters. The minimum absolute atomic E-state index is 0.0683. The maximum absolute atomic E-state index is 13.0. The summed E-state index contributed by atoms with van der Waals surface area (Å²) in [4.78, 5) is 26.1. The van der Waals surface area contributed by atoms with Gasteiger partial charge in [0.25, 0.3) is 0 Å². The van der Waals surface area contributed by atoms with Crippen molar-refractivity contribution in [1.29, 1.82) is 0 Å². The molecule has 1 aliphatic rings. The van der Waals surface area contributed by atoms with E-state index in [2.05, 4.69) is 5.32 Å². The molecule has 0 unspecified atom stereocenters. The van der Waals surface area contributed by atoms with Crippen LogP contribution in [-0.2, 0) is 26.0 Å². The van der Waals surface area contributed by atoms with Gasteiger partial charge in [-0.25, -0.2) is 8.42 Å². The largest absolute Gasteiger partial charge is 0.341 e. The molecule has 2 rings (SSSR count). The Morgan fingerprint density at radius 1 is 1.11 bits per heavy atom. The number of hydrogen-bond acceptors (Lipinski definition) is 4. The van der Waals surface area contributed by atoms with Crippen LogP contribution < -0.4 is 5.32 Å². The van der Waals surface area contributed by atoms with Gasteiger partial charge in [0.15, 0.2) is 0 Å². The highest BCUT2D eigenvalue weighted by atomic mass is 32.2. The number of sulfonamides is 1. The molecule has 0 bridgehead atoms. The number of fused-ring (bicyclic) bond motifs is 1. The minimum Gasteiger partial charge on any atom is -0.341 e. The molecule has 2 amide bonds. The quantitative estimate of drug-likeness (QED) is 0.714. The third-order valence-corrected chi connectivity index (χ3v) is 6.36. The Balaban J connectivity index is 2.16. The van der Waals surface area contributed by atoms with Gasteiger partial charge < -0.3 is 10.2 Å². The first-order valence-corrected chi connectivity index (χ1v) is 11.1. The number of nitrogens with one attached hydrogen (secondary N) is 1. The monoisotopic (exact) mass is 409 g/mol. The van der Waals surface area contributed by atoms with Crippen LogP contribution in [0.1, 0.15) is 39.7 Å². The fraction of sp³-hybridized carbons (Fsp3) is 0.600. The number of likely N-dealkylation sites (N-methyl/N-ethyl adjacent to an activating group) is 1. The summed E-state index contributed by atoms with van der Waals surface area (Å²) in [6, 6.07) is 4.67. The van der Waals surface area contributed by atoms with Crippen molar-refractivity contribution >= 4 is 27.5 Å². The van der Waals surface area contributed by atoms with Gasteiger partial charge in [0.05, 0.1) is 11.4 Å². The molecule has 1 heterocycles. The van der Waals surface area contributed by atoms with Gasteiger partial charge in [-0.2, -0.15) is 4.31 Å². The second kappa shape index (κ2) is 9.05. The van der Waals surface area contributed by atoms with Crippen LogP contribution in [0.3, 0.4) is 0 Å². The van der Waals surface area contributed by atoms with Gasteiger partial charge >= 0.3 is 0 Å². The smallest absolute Gasteiger partial charge is 0.243 e. The van der Waals surface area contributed by atoms with E-state index in [1.165, 1.54) is 13.1 Å². The van der Waals surface area contributed by atoms with E-state index < -0.39 is 10.0 Å². The van der Waals surface area contributed by atoms with E-state index in [1.54, 1.807) is 17.0 Å². The zero-order valence-electron chi connectivity index (χ0n) is 17.4. The number of carbonyl (C=O) groups is 2. The third kappa shape index (κ3) is 5.54. The van der Waals surface area contributed by atoms with Crippen LogP contribution in [-0.4, -0.2) is 56.1 Å². The molecule has 28 heavy (non-hydrogen) atoms. The molecule has 0 saturated heterocycles. The SMILES string of the molecule is CC(C)CN(CC(C)C)C(=O)CN(C)S(=O)(=O)c1ccc2c(c1)CCC(=O)N2. The van der Waals surface area contributed by atoms with Crippen LogP contribution in [0.25, 0.3) is 0 Å². The van der Waals surface area contributed by atoms with Crippen LogP contribution in [0, 0.1) is 11.8 Å². The van der Waals surface area contributed by atoms with Crippen molar-refractivity contribution in [3.05, 3.63) is 23.8 Å². The van der Waals surface area contributed by atoms with Crippen molar-refractivity contribution in [2.75, 3.05) is 32.0 Å². The highest BCUT2D eigenvalue weighted by Crippen LogP contribution is 2.26. The third-order valence-electron chi connectivity index (χ3n) is 4.56. The summed E-state index contributed by atoms with van der Waals surface area (Å²) in [6.07, 6.45) is 0.841. The molecule has 0 aromatic heterocycles. The second-order valence-electron chi connectivity index (χ2n) is 8.21. The van der Waals surface area contributed by atoms with E-state index in [4.69, 9.17) is 0 Å². The van der Waals surface area contributed by atoms with Crippen molar-refractivity contribution in [3.8, 4) is 0 Å². The van der Waals surface area contributed by atoms with Crippen LogP contribution in [0.4, 0.5) is 5.69 Å². The van der Waals surface area contributed by atoms with Crippen molar-refractivity contribution in [2.24, 2.45) is 11.8 Å². The molecule has 8 heteroatoms. The Labute approximate surface area is 168 Å². The van der Waals surface area contributed by atoms with Crippen molar-refractivity contribution in [2.45, 2.75) is 45.4 Å². The predicted molar refractivity (Wildman–Crippen MR) is 109 cm³/mol. The Morgan fingerprint density at radius 2 is 1.71 bits per heavy atom. The van der Waals surface area contributed by atoms with Gasteiger partial charge in [-0.15, -0.1) is 0 Å². The topological polar surface area (TPSA) is 86.8 Å². The summed E-state index contributed by atoms with van der Waals surface area (Å²) in [6.45, 7) is 9.14. The lowest BCUT2D eigenvalue weighted by Crippen LogP contribution is -2.44. The highest BCUT2D eigenvalue weighted by Gasteiger charge is 2.27. The van der Waals surface area contributed by atoms with Crippen LogP contribution in [0.15, 0.2) is 23.1 Å². The number of nitrogens with zero attached hydrogens (tertiary/aromatic N) is 2. The van der Waals surface area contributed by atoms with Crippen molar-refractivity contribution in [1.82, 2.24) is 9.21 Å². The summed E-state index contributed by atoms with van der Waals surface area (Å²) in [5.74, 6) is 0.348. The van der Waals surface area contributed by atoms with E-state index in [9.17, 15) is 18.0 Å². The number of hydrogen-bond donors (Lipinski definition) is 1. The summed E-state index contributed by atoms with van der Waals surface area (Å²) in [7, 11) is -2.37. The fourth-order valence-electron chi connectivity index (χ4n) is 3.24. The van der Waals surface area contributed by atoms with E-state index in [0.717, 1.165) is 9.87 Å². The number of benzene rings is 1. The van der Waals surface area contributed by atoms with Gasteiger partial charge in [0, 0.05) is 32.2 Å². The molecule has 0 aliphatic carbocycles. The molecule has 156 valence electrons. The summed E-state index contributed by atoms with van der Waals surface area (Å²) < 4.78 is 27.0. The van der Waals surface area contributed by atoms with Crippen LogP contribution >= 0.6 is 0 Å². The molecule has 1 aliphatic heterocycles. The van der Waals surface area contributed by atoms with Crippen molar-refractivity contribution in [3.63, 3.8) is 0 Å². The summed E-state index contributed by atoms with van der Waals surface area (Å²) >= 11 is 0. The zero-order chi connectivity index (χ0) is 21.1. The minimum atomic E-state index is -3.80. The standard InChI is InChI=1S/C20H31N3O4S/c1-14(2)11-23(12-15(3)4)20(25)13-22(5)28(26,27)17-7-8-18-16(10-17)6-9-19(24)21-18/h7-8,10,14-15H,6,9,11-13H2,1-5H3,(H,21,24). The first-order valence-electron chi connectivity index (χ1n) is 9.67. The van der Waals surface area contributed by atoms with Gasteiger partial charge in [0.1, 0.15) is 0 Å². The maximum Gasteiger partial charge on any atom is 0.243 e. The molecule has 1 N–H and O–H groups in total. The van der Waals surface area contributed by atoms with Gasteiger partial charge in [-0.1, -0.05) is 27.7 Å². The summed E-state index contributed by atoms with van der Waals surface area (Å²) in [5.41, 5.74) is 1.44. The molecule has 1 aromatic carbocycles.